The molecular weight excluding hydrogens is 468 g/mol. The fourth-order valence-corrected chi connectivity index (χ4v) is 3.75. The number of carbonyl (C=O) groups is 1. The molecule has 8 heteroatoms. The summed E-state index contributed by atoms with van der Waals surface area (Å²) in [5.74, 6) is 0. The molecule has 3 atom stereocenters. The Hall–Kier alpha value is -2.88. The van der Waals surface area contributed by atoms with E-state index >= 15 is 0 Å². The third-order valence-corrected chi connectivity index (χ3v) is 5.71. The van der Waals surface area contributed by atoms with Crippen LogP contribution in [0, 0.1) is 0 Å². The molecule has 0 aliphatic carbocycles. The lowest BCUT2D eigenvalue weighted by Crippen LogP contribution is -2.46. The number of carbonyl (C=O) groups excluding carboxylic acids is 1. The zero-order valence-corrected chi connectivity index (χ0v) is 20.4. The average Bonchev–Trinajstić information content (AvgIpc) is 2.88. The Kier molecular flexibility index (Phi) is 10.6. The van der Waals surface area contributed by atoms with E-state index < -0.39 is 28.4 Å². The van der Waals surface area contributed by atoms with E-state index in [1.807, 2.05) is 91.0 Å². The minimum atomic E-state index is -3.76. The summed E-state index contributed by atoms with van der Waals surface area (Å²) in [6.07, 6.45) is -1.24. The largest absolute Gasteiger partial charge is 0.368 e. The molecule has 186 valence electrons. The predicted octanol–water partition coefficient (Wildman–Crippen LogP) is 3.92. The summed E-state index contributed by atoms with van der Waals surface area (Å²) in [7, 11) is -3.76. The molecule has 0 unspecified atom stereocenters. The predicted molar refractivity (Wildman–Crippen MR) is 132 cm³/mol. The van der Waals surface area contributed by atoms with Crippen LogP contribution in [-0.4, -0.2) is 45.9 Å². The van der Waals surface area contributed by atoms with E-state index in [9.17, 15) is 13.2 Å². The van der Waals surface area contributed by atoms with E-state index in [0.717, 1.165) is 22.9 Å². The molecule has 0 spiro atoms. The third-order valence-electron chi connectivity index (χ3n) is 5.15. The zero-order valence-electron chi connectivity index (χ0n) is 19.6. The average molecular weight is 499 g/mol. The molecule has 3 rings (SSSR count). The van der Waals surface area contributed by atoms with E-state index in [-0.39, 0.29) is 26.4 Å². The fraction of sp³-hybridized carbons (Fsp3) is 0.296. The first-order valence-electron chi connectivity index (χ1n) is 11.2. The summed E-state index contributed by atoms with van der Waals surface area (Å²) in [4.78, 5) is 12.1. The van der Waals surface area contributed by atoms with Gasteiger partial charge in [-0.2, -0.15) is 8.42 Å². The van der Waals surface area contributed by atoms with Gasteiger partial charge in [0, 0.05) is 0 Å². The van der Waals surface area contributed by atoms with Crippen molar-refractivity contribution in [2.24, 2.45) is 0 Å². The van der Waals surface area contributed by atoms with Gasteiger partial charge in [-0.3, -0.25) is 4.18 Å². The van der Waals surface area contributed by atoms with Crippen molar-refractivity contribution < 1.29 is 31.6 Å². The van der Waals surface area contributed by atoms with E-state index in [1.165, 1.54) is 0 Å². The summed E-state index contributed by atoms with van der Waals surface area (Å²) in [6, 6.07) is 28.3. The summed E-state index contributed by atoms with van der Waals surface area (Å²) >= 11 is 0. The number of hydrogen-bond donors (Lipinski definition) is 0. The molecule has 3 aromatic rings. The Balaban J connectivity index is 1.82. The summed E-state index contributed by atoms with van der Waals surface area (Å²) in [5, 5.41) is 0. The lowest BCUT2D eigenvalue weighted by atomic mass is 10.1. The van der Waals surface area contributed by atoms with Gasteiger partial charge in [0.2, 0.25) is 0 Å². The standard InChI is InChI=1S/C27H30O7S/c1-35(29,30)34-21-26(32-19-23-13-7-3-8-14-23)27(33-20-24-15-9-4-10-16-24)25(17-28)31-18-22-11-5-2-6-12-22/h2-17,25-27H,18-21H2,1H3/t25-,26+,27-/m0/s1. The monoisotopic (exact) mass is 498 g/mol. The van der Waals surface area contributed by atoms with Gasteiger partial charge in [-0.05, 0) is 16.7 Å². The van der Waals surface area contributed by atoms with E-state index in [2.05, 4.69) is 0 Å². The fourth-order valence-electron chi connectivity index (χ4n) is 3.36. The SMILES string of the molecule is CS(=O)(=O)OC[C@@H](OCc1ccccc1)[C@@H](OCc1ccccc1)[C@H](C=O)OCc1ccccc1. The number of benzene rings is 3. The number of ether oxygens (including phenoxy) is 3. The normalized spacial score (nSPS) is 14.2. The van der Waals surface area contributed by atoms with Gasteiger partial charge in [0.25, 0.3) is 10.1 Å². The van der Waals surface area contributed by atoms with Gasteiger partial charge >= 0.3 is 0 Å². The van der Waals surface area contributed by atoms with Crippen LogP contribution in [0.2, 0.25) is 0 Å². The number of aldehydes is 1. The minimum Gasteiger partial charge on any atom is -0.368 e. The minimum absolute atomic E-state index is 0.174. The van der Waals surface area contributed by atoms with Crippen LogP contribution in [-0.2, 0) is 53.1 Å². The highest BCUT2D eigenvalue weighted by Crippen LogP contribution is 2.19. The van der Waals surface area contributed by atoms with Crippen molar-refractivity contribution >= 4 is 16.4 Å². The quantitative estimate of drug-likeness (QED) is 0.232. The van der Waals surface area contributed by atoms with Crippen molar-refractivity contribution in [1.29, 1.82) is 0 Å². The van der Waals surface area contributed by atoms with Gasteiger partial charge in [0.05, 0.1) is 32.7 Å². The molecule has 3 aromatic carbocycles. The molecule has 0 saturated heterocycles. The molecule has 0 radical (unpaired) electrons. The Morgan fingerprint density at radius 3 is 1.54 bits per heavy atom. The second-order valence-corrected chi connectivity index (χ2v) is 9.63. The number of rotatable bonds is 15. The molecular formula is C27H30O7S. The summed E-state index contributed by atoms with van der Waals surface area (Å²) in [6.45, 7) is 0.195. The van der Waals surface area contributed by atoms with E-state index in [1.54, 1.807) is 0 Å². The maximum Gasteiger partial charge on any atom is 0.264 e. The van der Waals surface area contributed by atoms with Gasteiger partial charge in [-0.15, -0.1) is 0 Å². The topological polar surface area (TPSA) is 88.1 Å². The van der Waals surface area contributed by atoms with Crippen LogP contribution >= 0.6 is 0 Å². The molecule has 0 bridgehead atoms. The lowest BCUT2D eigenvalue weighted by Gasteiger charge is -2.31. The van der Waals surface area contributed by atoms with Crippen LogP contribution < -0.4 is 0 Å². The molecule has 0 heterocycles. The highest BCUT2D eigenvalue weighted by atomic mass is 32.2. The van der Waals surface area contributed by atoms with Gasteiger partial charge < -0.3 is 19.0 Å². The highest BCUT2D eigenvalue weighted by molar-refractivity contribution is 7.85. The molecule has 7 nitrogen and oxygen atoms in total. The first-order chi connectivity index (χ1) is 16.9. The van der Waals surface area contributed by atoms with Crippen molar-refractivity contribution in [3.63, 3.8) is 0 Å². The van der Waals surface area contributed by atoms with Crippen LogP contribution in [0.5, 0.6) is 0 Å². The van der Waals surface area contributed by atoms with E-state index in [0.29, 0.717) is 6.29 Å². The van der Waals surface area contributed by atoms with Gasteiger partial charge in [-0.25, -0.2) is 0 Å². The molecule has 0 fully saturated rings. The maximum atomic E-state index is 12.1. The van der Waals surface area contributed by atoms with Gasteiger partial charge in [0.15, 0.2) is 6.29 Å². The van der Waals surface area contributed by atoms with Crippen LogP contribution in [0.1, 0.15) is 16.7 Å². The van der Waals surface area contributed by atoms with Crippen LogP contribution in [0.3, 0.4) is 0 Å². The summed E-state index contributed by atoms with van der Waals surface area (Å²) in [5.41, 5.74) is 2.65. The Bertz CT molecular complexity index is 1110. The molecule has 0 aliphatic rings. The van der Waals surface area contributed by atoms with Crippen molar-refractivity contribution in [2.45, 2.75) is 38.1 Å². The Morgan fingerprint density at radius 1 is 0.686 bits per heavy atom. The first kappa shape index (κ1) is 26.7. The van der Waals surface area contributed by atoms with E-state index in [4.69, 9.17) is 18.4 Å². The molecule has 35 heavy (non-hydrogen) atoms. The zero-order chi connectivity index (χ0) is 24.9. The van der Waals surface area contributed by atoms with Crippen molar-refractivity contribution in [1.82, 2.24) is 0 Å². The van der Waals surface area contributed by atoms with Crippen molar-refractivity contribution in [3.8, 4) is 0 Å². The first-order valence-corrected chi connectivity index (χ1v) is 13.0. The highest BCUT2D eigenvalue weighted by Gasteiger charge is 2.33. The van der Waals surface area contributed by atoms with Crippen molar-refractivity contribution in [2.75, 3.05) is 12.9 Å². The van der Waals surface area contributed by atoms with Gasteiger partial charge in [-0.1, -0.05) is 91.0 Å². The van der Waals surface area contributed by atoms with Gasteiger partial charge in [0.1, 0.15) is 18.3 Å². The molecule has 0 saturated carbocycles. The number of hydrogen-bond acceptors (Lipinski definition) is 7. The lowest BCUT2D eigenvalue weighted by molar-refractivity contribution is -0.163. The van der Waals surface area contributed by atoms with Crippen LogP contribution in [0.15, 0.2) is 91.0 Å². The Labute approximate surface area is 206 Å². The third kappa shape index (κ3) is 9.71. The summed E-state index contributed by atoms with van der Waals surface area (Å²) < 4.78 is 46.7. The molecule has 0 N–H and O–H groups in total. The second-order valence-electron chi connectivity index (χ2n) is 7.98. The second kappa shape index (κ2) is 13.9. The van der Waals surface area contributed by atoms with Crippen molar-refractivity contribution in [3.05, 3.63) is 108 Å². The molecule has 0 aromatic heterocycles. The van der Waals surface area contributed by atoms with Crippen LogP contribution in [0.25, 0.3) is 0 Å². The smallest absolute Gasteiger partial charge is 0.264 e. The Morgan fingerprint density at radius 2 is 1.11 bits per heavy atom. The molecule has 0 aliphatic heterocycles. The molecule has 0 amide bonds. The maximum absolute atomic E-state index is 12.1. The van der Waals surface area contributed by atoms with Crippen LogP contribution in [0.4, 0.5) is 0 Å².